The Morgan fingerprint density at radius 1 is 1.32 bits per heavy atom. The van der Waals surface area contributed by atoms with Gasteiger partial charge >= 0.3 is 6.18 Å². The summed E-state index contributed by atoms with van der Waals surface area (Å²) in [7, 11) is 0. The van der Waals surface area contributed by atoms with Gasteiger partial charge in [-0.15, -0.1) is 0 Å². The van der Waals surface area contributed by atoms with Gasteiger partial charge in [-0.1, -0.05) is 30.3 Å². The molecule has 0 aliphatic heterocycles. The molecule has 0 saturated heterocycles. The predicted octanol–water partition coefficient (Wildman–Crippen LogP) is 3.49. The van der Waals surface area contributed by atoms with Crippen LogP contribution in [0.3, 0.4) is 0 Å². The zero-order chi connectivity index (χ0) is 16.2. The number of aromatic nitrogens is 2. The van der Waals surface area contributed by atoms with E-state index in [-0.39, 0.29) is 5.56 Å². The number of carbonyl (C=O) groups excluding carboxylic acids is 1. The fraction of sp³-hybridized carbons (Fsp3) is 0.200. The van der Waals surface area contributed by atoms with E-state index in [2.05, 4.69) is 10.4 Å². The first-order chi connectivity index (χ1) is 10.4. The highest BCUT2D eigenvalue weighted by molar-refractivity contribution is 6.04. The monoisotopic (exact) mass is 309 g/mol. The lowest BCUT2D eigenvalue weighted by atomic mass is 10.1. The number of anilines is 1. The molecule has 2 aromatic rings. The van der Waals surface area contributed by atoms with Crippen molar-refractivity contribution in [3.05, 3.63) is 54.4 Å². The molecular weight excluding hydrogens is 295 g/mol. The summed E-state index contributed by atoms with van der Waals surface area (Å²) in [6, 6.07) is 7.19. The van der Waals surface area contributed by atoms with Gasteiger partial charge in [-0.05, 0) is 12.5 Å². The molecule has 116 valence electrons. The van der Waals surface area contributed by atoms with Gasteiger partial charge in [-0.3, -0.25) is 9.48 Å². The number of benzene rings is 1. The van der Waals surface area contributed by atoms with Crippen LogP contribution in [-0.2, 0) is 11.3 Å². The van der Waals surface area contributed by atoms with E-state index in [1.807, 2.05) is 6.92 Å². The number of carbonyl (C=O) groups is 1. The number of rotatable bonds is 4. The lowest BCUT2D eigenvalue weighted by Crippen LogP contribution is -2.15. The van der Waals surface area contributed by atoms with E-state index in [9.17, 15) is 18.0 Å². The number of allylic oxidation sites excluding steroid dienone is 1. The van der Waals surface area contributed by atoms with E-state index in [0.29, 0.717) is 18.3 Å². The van der Waals surface area contributed by atoms with E-state index in [1.54, 1.807) is 16.9 Å². The molecule has 0 fully saturated rings. The highest BCUT2D eigenvalue weighted by Gasteiger charge is 2.35. The Bertz CT molecular complexity index is 675. The van der Waals surface area contributed by atoms with Crippen LogP contribution in [0, 0.1) is 0 Å². The molecule has 0 aliphatic rings. The summed E-state index contributed by atoms with van der Waals surface area (Å²) in [6.07, 6.45) is -1.14. The fourth-order valence-electron chi connectivity index (χ4n) is 1.86. The number of nitrogens with zero attached hydrogens (tertiary/aromatic N) is 2. The van der Waals surface area contributed by atoms with Gasteiger partial charge in [-0.25, -0.2) is 0 Å². The number of halogens is 3. The van der Waals surface area contributed by atoms with Gasteiger partial charge in [0.2, 0.25) is 5.91 Å². The van der Waals surface area contributed by atoms with Gasteiger partial charge in [0.05, 0.1) is 17.5 Å². The van der Waals surface area contributed by atoms with Crippen molar-refractivity contribution < 1.29 is 18.0 Å². The summed E-state index contributed by atoms with van der Waals surface area (Å²) in [5, 5.41) is 6.30. The highest BCUT2D eigenvalue weighted by atomic mass is 19.4. The van der Waals surface area contributed by atoms with Crippen molar-refractivity contribution in [1.29, 1.82) is 0 Å². The van der Waals surface area contributed by atoms with E-state index >= 15 is 0 Å². The smallest absolute Gasteiger partial charge is 0.320 e. The molecule has 0 radical (unpaired) electrons. The van der Waals surface area contributed by atoms with Crippen LogP contribution in [0.15, 0.2) is 48.8 Å². The highest BCUT2D eigenvalue weighted by Crippen LogP contribution is 2.33. The first-order valence-electron chi connectivity index (χ1n) is 6.58. The Labute approximate surface area is 125 Å². The molecule has 0 bridgehead atoms. The molecule has 1 aromatic heterocycles. The van der Waals surface area contributed by atoms with Crippen LogP contribution in [0.4, 0.5) is 18.9 Å². The summed E-state index contributed by atoms with van der Waals surface area (Å²) >= 11 is 0. The lowest BCUT2D eigenvalue weighted by molar-refractivity contribution is -0.112. The van der Waals surface area contributed by atoms with Crippen molar-refractivity contribution in [3.63, 3.8) is 0 Å². The van der Waals surface area contributed by atoms with Crippen LogP contribution in [0.2, 0.25) is 0 Å². The standard InChI is InChI=1S/C15H14F3N3O/c1-2-21-10-12(9-19-21)20-14(22)8-13(15(16,17)18)11-6-4-3-5-7-11/h3-10H,2H2,1H3,(H,20,22)/b13-8+. The molecule has 0 saturated carbocycles. The van der Waals surface area contributed by atoms with E-state index in [1.165, 1.54) is 30.5 Å². The average molecular weight is 309 g/mol. The number of nitrogens with one attached hydrogen (secondary N) is 1. The number of amides is 1. The molecule has 1 heterocycles. The third-order valence-corrected chi connectivity index (χ3v) is 2.89. The zero-order valence-corrected chi connectivity index (χ0v) is 11.8. The van der Waals surface area contributed by atoms with Crippen LogP contribution >= 0.6 is 0 Å². The largest absolute Gasteiger partial charge is 0.417 e. The second kappa shape index (κ2) is 6.46. The van der Waals surface area contributed by atoms with Crippen LogP contribution in [-0.4, -0.2) is 21.9 Å². The van der Waals surface area contributed by atoms with Crippen molar-refractivity contribution in [1.82, 2.24) is 9.78 Å². The summed E-state index contributed by atoms with van der Waals surface area (Å²) in [4.78, 5) is 11.8. The van der Waals surface area contributed by atoms with E-state index in [0.717, 1.165) is 0 Å². The van der Waals surface area contributed by atoms with E-state index < -0.39 is 17.7 Å². The molecule has 0 spiro atoms. The predicted molar refractivity (Wildman–Crippen MR) is 77.0 cm³/mol. The van der Waals surface area contributed by atoms with Crippen molar-refractivity contribution in [2.45, 2.75) is 19.6 Å². The maximum Gasteiger partial charge on any atom is 0.417 e. The van der Waals surface area contributed by atoms with Crippen molar-refractivity contribution >= 4 is 17.2 Å². The van der Waals surface area contributed by atoms with Gasteiger partial charge in [-0.2, -0.15) is 18.3 Å². The Balaban J connectivity index is 2.24. The maximum absolute atomic E-state index is 13.1. The van der Waals surface area contributed by atoms with Crippen LogP contribution in [0.1, 0.15) is 12.5 Å². The normalized spacial score (nSPS) is 12.3. The van der Waals surface area contributed by atoms with Crippen LogP contribution < -0.4 is 5.32 Å². The molecule has 0 atom stereocenters. The Morgan fingerprint density at radius 3 is 2.55 bits per heavy atom. The Hall–Kier alpha value is -2.57. The summed E-state index contributed by atoms with van der Waals surface area (Å²) < 4.78 is 40.9. The van der Waals surface area contributed by atoms with Gasteiger partial charge in [0, 0.05) is 18.8 Å². The van der Waals surface area contributed by atoms with Crippen molar-refractivity contribution in [2.75, 3.05) is 5.32 Å². The minimum Gasteiger partial charge on any atom is -0.320 e. The summed E-state index contributed by atoms with van der Waals surface area (Å²) in [5.74, 6) is -0.855. The minimum absolute atomic E-state index is 0.0607. The maximum atomic E-state index is 13.1. The van der Waals surface area contributed by atoms with Crippen molar-refractivity contribution in [3.8, 4) is 0 Å². The molecule has 22 heavy (non-hydrogen) atoms. The molecule has 0 aliphatic carbocycles. The Kier molecular flexibility index (Phi) is 4.65. The SMILES string of the molecule is CCn1cc(NC(=O)/C=C(\c2ccccc2)C(F)(F)F)cn1. The second-order valence-electron chi connectivity index (χ2n) is 4.50. The number of aryl methyl sites for hydroxylation is 1. The zero-order valence-electron chi connectivity index (χ0n) is 11.8. The molecule has 2 rings (SSSR count). The number of hydrogen-bond donors (Lipinski definition) is 1. The molecular formula is C15H14F3N3O. The Morgan fingerprint density at radius 2 is 2.00 bits per heavy atom. The third kappa shape index (κ3) is 3.97. The minimum atomic E-state index is -4.62. The van der Waals surface area contributed by atoms with Crippen LogP contribution in [0.25, 0.3) is 5.57 Å². The van der Waals surface area contributed by atoms with Gasteiger partial charge in [0.1, 0.15) is 0 Å². The van der Waals surface area contributed by atoms with Gasteiger partial charge in [0.25, 0.3) is 0 Å². The number of alkyl halides is 3. The molecule has 4 nitrogen and oxygen atoms in total. The molecule has 7 heteroatoms. The average Bonchev–Trinajstić information content (AvgIpc) is 2.92. The summed E-state index contributed by atoms with van der Waals surface area (Å²) in [5.41, 5.74) is -0.708. The van der Waals surface area contributed by atoms with Gasteiger partial charge < -0.3 is 5.32 Å². The summed E-state index contributed by atoms with van der Waals surface area (Å²) in [6.45, 7) is 2.46. The first-order valence-corrected chi connectivity index (χ1v) is 6.58. The van der Waals surface area contributed by atoms with Crippen LogP contribution in [0.5, 0.6) is 0 Å². The molecule has 1 aromatic carbocycles. The van der Waals surface area contributed by atoms with E-state index in [4.69, 9.17) is 0 Å². The fourth-order valence-corrected chi connectivity index (χ4v) is 1.86. The number of hydrogen-bond acceptors (Lipinski definition) is 2. The van der Waals surface area contributed by atoms with Gasteiger partial charge in [0.15, 0.2) is 0 Å². The lowest BCUT2D eigenvalue weighted by Gasteiger charge is -2.11. The topological polar surface area (TPSA) is 46.9 Å². The molecule has 1 amide bonds. The molecule has 0 unspecified atom stereocenters. The quantitative estimate of drug-likeness (QED) is 0.879. The molecule has 1 N–H and O–H groups in total. The first kappa shape index (κ1) is 15.8. The third-order valence-electron chi connectivity index (χ3n) is 2.89. The van der Waals surface area contributed by atoms with Crippen molar-refractivity contribution in [2.24, 2.45) is 0 Å². The second-order valence-corrected chi connectivity index (χ2v) is 4.50.